The molecule has 30 nitrogen and oxygen atoms in total. The molecule has 0 saturated carbocycles. The van der Waals surface area contributed by atoms with Gasteiger partial charge in [0, 0.05) is 51.9 Å². The van der Waals surface area contributed by atoms with Crippen LogP contribution in [0.2, 0.25) is 0 Å². The summed E-state index contributed by atoms with van der Waals surface area (Å²) in [5.74, 6) is -9.86. The molecule has 2 aliphatic rings. The zero-order valence-corrected chi connectivity index (χ0v) is 51.6. The number of rotatable bonds is 38. The number of carboxylic acids is 2. The van der Waals surface area contributed by atoms with Crippen molar-refractivity contribution in [2.45, 2.75) is 157 Å². The highest BCUT2D eigenvalue weighted by Gasteiger charge is 2.44. The van der Waals surface area contributed by atoms with Gasteiger partial charge in [0.05, 0.1) is 12.6 Å². The molecular formula is C62H89N17O13. The maximum Gasteiger partial charge on any atom is 0.326 e. The molecule has 0 aliphatic carbocycles. The molecule has 2 fully saturated rings. The minimum absolute atomic E-state index is 0.0750. The number of aliphatic carboxylic acids is 2. The van der Waals surface area contributed by atoms with Crippen LogP contribution in [-0.4, -0.2) is 191 Å². The summed E-state index contributed by atoms with van der Waals surface area (Å²) in [5.41, 5.74) is 35.3. The Morgan fingerprint density at radius 1 is 0.500 bits per heavy atom. The number of nitrogens with zero attached hydrogens (tertiary/aromatic N) is 4. The van der Waals surface area contributed by atoms with Gasteiger partial charge in [0.2, 0.25) is 53.2 Å². The highest BCUT2D eigenvalue weighted by molar-refractivity contribution is 5.98. The number of carbonyl (C=O) groups is 11. The first kappa shape index (κ1) is 73.0. The van der Waals surface area contributed by atoms with Gasteiger partial charge in [-0.3, -0.25) is 57.9 Å². The fourth-order valence-corrected chi connectivity index (χ4v) is 10.8. The summed E-state index contributed by atoms with van der Waals surface area (Å²) in [5, 5.41) is 38.1. The van der Waals surface area contributed by atoms with Gasteiger partial charge in [-0.25, -0.2) is 4.79 Å². The van der Waals surface area contributed by atoms with Gasteiger partial charge in [-0.05, 0) is 93.9 Å². The molecule has 0 bridgehead atoms. The number of likely N-dealkylation sites (tertiary alicyclic amines) is 2. The van der Waals surface area contributed by atoms with Crippen LogP contribution in [-0.2, 0) is 72.0 Å². The number of nitrogens with one attached hydrogen (secondary N) is 7. The van der Waals surface area contributed by atoms with Crippen LogP contribution in [0.4, 0.5) is 0 Å². The second-order valence-electron chi connectivity index (χ2n) is 22.7. The van der Waals surface area contributed by atoms with E-state index in [1.54, 1.807) is 91.0 Å². The monoisotopic (exact) mass is 1280 g/mol. The zero-order chi connectivity index (χ0) is 67.1. The van der Waals surface area contributed by atoms with Crippen LogP contribution in [0.3, 0.4) is 0 Å². The molecule has 0 unspecified atom stereocenters. The number of hydrogen-bond acceptors (Lipinski definition) is 15. The van der Waals surface area contributed by atoms with E-state index in [-0.39, 0.29) is 89.5 Å². The smallest absolute Gasteiger partial charge is 0.326 e. The number of carbonyl (C=O) groups excluding carboxylic acids is 9. The summed E-state index contributed by atoms with van der Waals surface area (Å²) in [6.07, 6.45) is 1.89. The molecule has 3 aromatic rings. The van der Waals surface area contributed by atoms with E-state index in [0.29, 0.717) is 61.8 Å². The standard InChI is InChI=1S/C62H89N17O13/c63-29-11-10-22-41(64)52(83)74-43(23-12-30-69-61(65)66)58(89)79-33-15-26-49(79)59(90)78-32-14-25-48(78)57(88)71-37-50(80)72-45(34-38-16-4-1-5-17-38)54(85)73-42(27-28-51(81)82)53(84)76-47(36-40-20-8-3-9-21-40)56(87)77-46(35-39-18-6-2-7-19-39)55(86)75-44(60(91)92)24-13-31-70-62(67)68/h1-9,16-21,41-49H,10-15,22-37,63-64H2,(H,71,88)(H,72,80)(H,73,85)(H,74,83)(H,75,86)(H,76,84)(H,77,87)(H,81,82)(H,91,92)(H4,65,66,69)(H4,67,68,70)/t41-,42-,43-,44-,45-,46-,47+,48-,49-/m0/s1. The van der Waals surface area contributed by atoms with Crippen molar-refractivity contribution in [3.63, 3.8) is 0 Å². The number of hydrogen-bond donors (Lipinski definition) is 15. The SMILES string of the molecule is NCCCC[C@H](N)C(=O)N[C@@H](CCCN=C(N)N)C(=O)N1CCC[C@H]1C(=O)N1CCC[C@H]1C(=O)NCC(=O)N[C@@H](Cc1ccccc1)C(=O)N[C@@H](CCC(=O)O)C(=O)N[C@H](Cc1ccccc1)C(=O)N[C@@H](Cc1ccccc1)C(=O)N[C@@H](CCCN=C(N)N)C(=O)O. The van der Waals surface area contributed by atoms with E-state index < -0.39 is 139 Å². The lowest BCUT2D eigenvalue weighted by molar-refractivity contribution is -0.148. The van der Waals surface area contributed by atoms with E-state index in [1.165, 1.54) is 9.80 Å². The van der Waals surface area contributed by atoms with Crippen molar-refractivity contribution in [1.82, 2.24) is 47.0 Å². The molecule has 0 spiro atoms. The van der Waals surface area contributed by atoms with Crippen LogP contribution < -0.4 is 71.6 Å². The highest BCUT2D eigenvalue weighted by atomic mass is 16.4. The van der Waals surface area contributed by atoms with Gasteiger partial charge in [0.25, 0.3) is 0 Å². The van der Waals surface area contributed by atoms with E-state index >= 15 is 0 Å². The van der Waals surface area contributed by atoms with Gasteiger partial charge in [-0.2, -0.15) is 0 Å². The second-order valence-corrected chi connectivity index (χ2v) is 22.7. The average Bonchev–Trinajstić information content (AvgIpc) is 1.66. The average molecular weight is 1280 g/mol. The second kappa shape index (κ2) is 38.1. The Morgan fingerprint density at radius 3 is 1.41 bits per heavy atom. The Kier molecular flexibility index (Phi) is 30.2. The molecule has 2 aliphatic heterocycles. The molecule has 3 aromatic carbocycles. The Hall–Kier alpha value is -9.71. The van der Waals surface area contributed by atoms with Crippen molar-refractivity contribution >= 4 is 77.0 Å². The normalized spacial score (nSPS) is 16.5. The molecule has 0 radical (unpaired) electrons. The first-order valence-electron chi connectivity index (χ1n) is 30.9. The lowest BCUT2D eigenvalue weighted by atomic mass is 10.0. The van der Waals surface area contributed by atoms with Gasteiger partial charge in [0.1, 0.15) is 48.3 Å². The summed E-state index contributed by atoms with van der Waals surface area (Å²) in [6, 6.07) is 14.0. The molecule has 5 rings (SSSR count). The molecule has 30 heteroatoms. The van der Waals surface area contributed by atoms with Crippen molar-refractivity contribution in [2.75, 3.05) is 39.3 Å². The van der Waals surface area contributed by atoms with Crippen molar-refractivity contribution in [1.29, 1.82) is 0 Å². The van der Waals surface area contributed by atoms with E-state index in [9.17, 15) is 63.0 Å². The number of nitrogens with two attached hydrogens (primary N) is 6. The van der Waals surface area contributed by atoms with Gasteiger partial charge >= 0.3 is 11.9 Å². The van der Waals surface area contributed by atoms with Gasteiger partial charge in [0.15, 0.2) is 11.9 Å². The summed E-state index contributed by atoms with van der Waals surface area (Å²) in [6.45, 7) is 0.347. The van der Waals surface area contributed by atoms with Crippen molar-refractivity contribution in [3.05, 3.63) is 108 Å². The number of guanidine groups is 2. The fraction of sp³-hybridized carbons (Fsp3) is 0.500. The zero-order valence-electron chi connectivity index (χ0n) is 51.6. The molecule has 0 aromatic heterocycles. The first-order chi connectivity index (χ1) is 44.0. The third-order valence-electron chi connectivity index (χ3n) is 15.6. The molecule has 92 heavy (non-hydrogen) atoms. The van der Waals surface area contributed by atoms with Crippen LogP contribution in [0.5, 0.6) is 0 Å². The predicted molar refractivity (Wildman–Crippen MR) is 340 cm³/mol. The topological polar surface area (TPSA) is 500 Å². The number of unbranched alkanes of at least 4 members (excludes halogenated alkanes) is 1. The van der Waals surface area contributed by atoms with E-state index in [4.69, 9.17) is 34.4 Å². The summed E-state index contributed by atoms with van der Waals surface area (Å²) in [4.78, 5) is 162. The molecule has 9 amide bonds. The number of aliphatic imine (C=N–C) groups is 2. The Labute approximate surface area is 533 Å². The number of carboxylic acid groups (broad SMARTS) is 2. The largest absolute Gasteiger partial charge is 0.481 e. The van der Waals surface area contributed by atoms with Crippen molar-refractivity contribution in [2.24, 2.45) is 44.4 Å². The van der Waals surface area contributed by atoms with E-state index in [1.807, 2.05) is 0 Å². The minimum Gasteiger partial charge on any atom is -0.481 e. The van der Waals surface area contributed by atoms with Crippen LogP contribution in [0.1, 0.15) is 100 Å². The lowest BCUT2D eigenvalue weighted by Gasteiger charge is -2.33. The quantitative estimate of drug-likeness (QED) is 0.0157. The van der Waals surface area contributed by atoms with Crippen molar-refractivity contribution in [3.8, 4) is 0 Å². The Balaban J connectivity index is 1.31. The third-order valence-corrected chi connectivity index (χ3v) is 15.6. The molecular weight excluding hydrogens is 1190 g/mol. The maximum atomic E-state index is 14.5. The number of benzene rings is 3. The predicted octanol–water partition coefficient (Wildman–Crippen LogP) is -2.77. The molecule has 2 heterocycles. The van der Waals surface area contributed by atoms with Gasteiger partial charge in [-0.15, -0.1) is 0 Å². The summed E-state index contributed by atoms with van der Waals surface area (Å²) < 4.78 is 0. The molecule has 500 valence electrons. The Bertz CT molecular complexity index is 3030. The third kappa shape index (κ3) is 24.6. The summed E-state index contributed by atoms with van der Waals surface area (Å²) in [7, 11) is 0. The van der Waals surface area contributed by atoms with Crippen LogP contribution in [0.15, 0.2) is 101 Å². The Morgan fingerprint density at radius 2 is 0.935 bits per heavy atom. The maximum absolute atomic E-state index is 14.5. The number of amides is 9. The molecule has 9 atom stereocenters. The summed E-state index contributed by atoms with van der Waals surface area (Å²) >= 11 is 0. The van der Waals surface area contributed by atoms with E-state index in [2.05, 4.69) is 47.2 Å². The lowest BCUT2D eigenvalue weighted by Crippen LogP contribution is -2.60. The first-order valence-corrected chi connectivity index (χ1v) is 30.9. The highest BCUT2D eigenvalue weighted by Crippen LogP contribution is 2.26. The van der Waals surface area contributed by atoms with Gasteiger partial charge in [-0.1, -0.05) is 97.4 Å². The van der Waals surface area contributed by atoms with Crippen LogP contribution in [0, 0.1) is 0 Å². The van der Waals surface area contributed by atoms with E-state index in [0.717, 1.165) is 0 Å². The molecule has 21 N–H and O–H groups in total. The molecule has 2 saturated heterocycles. The van der Waals surface area contributed by atoms with Crippen molar-refractivity contribution < 1.29 is 63.0 Å². The fourth-order valence-electron chi connectivity index (χ4n) is 10.8. The van der Waals surface area contributed by atoms with Crippen LogP contribution in [0.25, 0.3) is 0 Å². The van der Waals surface area contributed by atoms with Gasteiger partial charge < -0.3 is 91.6 Å². The minimum atomic E-state index is -1.65. The van der Waals surface area contributed by atoms with Crippen LogP contribution >= 0.6 is 0 Å².